The smallest absolute Gasteiger partial charge is 0.243 e. The lowest BCUT2D eigenvalue weighted by atomic mass is 10.2. The van der Waals surface area contributed by atoms with E-state index in [1.165, 1.54) is 10.4 Å². The van der Waals surface area contributed by atoms with Crippen LogP contribution in [0.5, 0.6) is 0 Å². The number of hydrogen-bond donors (Lipinski definition) is 1. The summed E-state index contributed by atoms with van der Waals surface area (Å²) in [6.07, 6.45) is 2.85. The van der Waals surface area contributed by atoms with Crippen LogP contribution in [0.25, 0.3) is 0 Å². The van der Waals surface area contributed by atoms with E-state index in [0.717, 1.165) is 19.3 Å². The summed E-state index contributed by atoms with van der Waals surface area (Å²) in [7, 11) is -3.48. The number of anilines is 1. The Kier molecular flexibility index (Phi) is 5.01. The van der Waals surface area contributed by atoms with E-state index in [2.05, 4.69) is 5.32 Å². The van der Waals surface area contributed by atoms with Gasteiger partial charge in [0, 0.05) is 18.8 Å². The average Bonchev–Trinajstić information content (AvgIpc) is 2.48. The van der Waals surface area contributed by atoms with Gasteiger partial charge >= 0.3 is 0 Å². The van der Waals surface area contributed by atoms with Crippen molar-refractivity contribution >= 4 is 33.2 Å². The van der Waals surface area contributed by atoms with E-state index in [9.17, 15) is 13.2 Å². The number of hydrogen-bond acceptors (Lipinski definition) is 3. The van der Waals surface area contributed by atoms with E-state index in [1.807, 2.05) is 0 Å². The number of sulfonamides is 1. The van der Waals surface area contributed by atoms with Crippen molar-refractivity contribution in [2.45, 2.75) is 24.2 Å². The molecule has 5 nitrogen and oxygen atoms in total. The van der Waals surface area contributed by atoms with Crippen molar-refractivity contribution in [3.8, 4) is 0 Å². The standard InChI is InChI=1S/C13H17ClN2O3S/c14-10-13(17)15-11-5-4-6-12(9-11)20(18,19)16-7-2-1-3-8-16/h4-6,9H,1-3,7-8,10H2,(H,15,17). The van der Waals surface area contributed by atoms with Gasteiger partial charge in [-0.25, -0.2) is 8.42 Å². The molecule has 1 saturated heterocycles. The predicted octanol–water partition coefficient (Wildman–Crippen LogP) is 2.04. The first-order valence-corrected chi connectivity index (χ1v) is 8.47. The minimum atomic E-state index is -3.48. The minimum Gasteiger partial charge on any atom is -0.325 e. The third-order valence-corrected chi connectivity index (χ3v) is 5.33. The number of amides is 1. The quantitative estimate of drug-likeness (QED) is 0.864. The van der Waals surface area contributed by atoms with E-state index in [-0.39, 0.29) is 16.7 Å². The molecule has 0 radical (unpaired) electrons. The number of carbonyl (C=O) groups excluding carboxylic acids is 1. The molecule has 1 heterocycles. The molecular formula is C13H17ClN2O3S. The Bertz CT molecular complexity index is 583. The Hall–Kier alpha value is -1.11. The summed E-state index contributed by atoms with van der Waals surface area (Å²) in [6.45, 7) is 1.11. The highest BCUT2D eigenvalue weighted by Crippen LogP contribution is 2.22. The second-order valence-corrected chi connectivity index (χ2v) is 6.88. The number of piperidine rings is 1. The van der Waals surface area contributed by atoms with Crippen LogP contribution in [0.15, 0.2) is 29.2 Å². The summed E-state index contributed by atoms with van der Waals surface area (Å²) in [5.41, 5.74) is 0.439. The van der Waals surface area contributed by atoms with Gasteiger partial charge < -0.3 is 5.32 Å². The van der Waals surface area contributed by atoms with Gasteiger partial charge in [-0.1, -0.05) is 12.5 Å². The van der Waals surface area contributed by atoms with Crippen LogP contribution in [0.3, 0.4) is 0 Å². The second-order valence-electron chi connectivity index (χ2n) is 4.67. The normalized spacial score (nSPS) is 16.9. The van der Waals surface area contributed by atoms with Gasteiger partial charge in [0.25, 0.3) is 0 Å². The maximum Gasteiger partial charge on any atom is 0.243 e. The zero-order chi connectivity index (χ0) is 14.6. The summed E-state index contributed by atoms with van der Waals surface area (Å²) < 4.78 is 26.5. The van der Waals surface area contributed by atoms with E-state index < -0.39 is 10.0 Å². The molecule has 2 rings (SSSR count). The van der Waals surface area contributed by atoms with Crippen molar-refractivity contribution in [3.05, 3.63) is 24.3 Å². The maximum absolute atomic E-state index is 12.5. The lowest BCUT2D eigenvalue weighted by Crippen LogP contribution is -2.35. The molecule has 0 bridgehead atoms. The first kappa shape index (κ1) is 15.3. The molecule has 1 fully saturated rings. The van der Waals surface area contributed by atoms with Crippen molar-refractivity contribution in [2.75, 3.05) is 24.3 Å². The number of alkyl halides is 1. The molecule has 20 heavy (non-hydrogen) atoms. The van der Waals surface area contributed by atoms with Gasteiger partial charge in [-0.15, -0.1) is 11.6 Å². The number of rotatable bonds is 4. The zero-order valence-corrected chi connectivity index (χ0v) is 12.6. The van der Waals surface area contributed by atoms with E-state index in [1.54, 1.807) is 18.2 Å². The summed E-state index contributed by atoms with van der Waals surface area (Å²) in [5, 5.41) is 2.55. The molecule has 1 aromatic carbocycles. The van der Waals surface area contributed by atoms with Crippen LogP contribution in [-0.2, 0) is 14.8 Å². The van der Waals surface area contributed by atoms with E-state index >= 15 is 0 Å². The Morgan fingerprint density at radius 3 is 2.60 bits per heavy atom. The van der Waals surface area contributed by atoms with Gasteiger partial charge in [-0.2, -0.15) is 4.31 Å². The molecule has 0 atom stereocenters. The minimum absolute atomic E-state index is 0.164. The summed E-state index contributed by atoms with van der Waals surface area (Å²) in [5.74, 6) is -0.525. The fourth-order valence-corrected chi connectivity index (χ4v) is 3.81. The molecular weight excluding hydrogens is 300 g/mol. The van der Waals surface area contributed by atoms with Crippen LogP contribution in [0, 0.1) is 0 Å². The monoisotopic (exact) mass is 316 g/mol. The largest absolute Gasteiger partial charge is 0.325 e. The van der Waals surface area contributed by atoms with Crippen LogP contribution in [-0.4, -0.2) is 37.6 Å². The molecule has 1 amide bonds. The third kappa shape index (κ3) is 3.50. The van der Waals surface area contributed by atoms with Crippen LogP contribution in [0.4, 0.5) is 5.69 Å². The highest BCUT2D eigenvalue weighted by molar-refractivity contribution is 7.89. The SMILES string of the molecule is O=C(CCl)Nc1cccc(S(=O)(=O)N2CCCCC2)c1. The van der Waals surface area contributed by atoms with Crippen molar-refractivity contribution < 1.29 is 13.2 Å². The Morgan fingerprint density at radius 2 is 1.95 bits per heavy atom. The molecule has 0 saturated carbocycles. The van der Waals surface area contributed by atoms with Gasteiger partial charge in [0.1, 0.15) is 5.88 Å². The van der Waals surface area contributed by atoms with Crippen LogP contribution in [0.2, 0.25) is 0 Å². The fraction of sp³-hybridized carbons (Fsp3) is 0.462. The van der Waals surface area contributed by atoms with E-state index in [4.69, 9.17) is 11.6 Å². The first-order chi connectivity index (χ1) is 9.54. The summed E-state index contributed by atoms with van der Waals surface area (Å²) in [6, 6.07) is 6.26. The lowest BCUT2D eigenvalue weighted by molar-refractivity contribution is -0.113. The zero-order valence-electron chi connectivity index (χ0n) is 11.0. The average molecular weight is 317 g/mol. The van der Waals surface area contributed by atoms with Crippen molar-refractivity contribution in [1.82, 2.24) is 4.31 Å². The molecule has 1 aromatic rings. The number of nitrogens with zero attached hydrogens (tertiary/aromatic N) is 1. The number of carbonyl (C=O) groups is 1. The number of nitrogens with one attached hydrogen (secondary N) is 1. The highest BCUT2D eigenvalue weighted by atomic mass is 35.5. The highest BCUT2D eigenvalue weighted by Gasteiger charge is 2.25. The topological polar surface area (TPSA) is 66.5 Å². The summed E-state index contributed by atoms with van der Waals surface area (Å²) in [4.78, 5) is 11.4. The molecule has 0 aliphatic carbocycles. The van der Waals surface area contributed by atoms with Gasteiger partial charge in [0.15, 0.2) is 0 Å². The maximum atomic E-state index is 12.5. The molecule has 0 aromatic heterocycles. The van der Waals surface area contributed by atoms with Crippen LogP contribution < -0.4 is 5.32 Å². The second kappa shape index (κ2) is 6.56. The molecule has 7 heteroatoms. The fourth-order valence-electron chi connectivity index (χ4n) is 2.18. The van der Waals surface area contributed by atoms with Crippen molar-refractivity contribution in [1.29, 1.82) is 0 Å². The van der Waals surface area contributed by atoms with Crippen LogP contribution in [0.1, 0.15) is 19.3 Å². The lowest BCUT2D eigenvalue weighted by Gasteiger charge is -2.26. The summed E-state index contributed by atoms with van der Waals surface area (Å²) >= 11 is 5.41. The molecule has 1 aliphatic heterocycles. The van der Waals surface area contributed by atoms with Gasteiger partial charge in [-0.05, 0) is 31.0 Å². The van der Waals surface area contributed by atoms with Crippen molar-refractivity contribution in [2.24, 2.45) is 0 Å². The Morgan fingerprint density at radius 1 is 1.25 bits per heavy atom. The Balaban J connectivity index is 2.23. The number of halogens is 1. The molecule has 1 N–H and O–H groups in total. The third-order valence-electron chi connectivity index (χ3n) is 3.19. The van der Waals surface area contributed by atoms with E-state index in [0.29, 0.717) is 18.8 Å². The molecule has 1 aliphatic rings. The molecule has 0 spiro atoms. The number of benzene rings is 1. The van der Waals surface area contributed by atoms with Gasteiger partial charge in [-0.3, -0.25) is 4.79 Å². The van der Waals surface area contributed by atoms with Crippen LogP contribution >= 0.6 is 11.6 Å². The molecule has 110 valence electrons. The van der Waals surface area contributed by atoms with Crippen molar-refractivity contribution in [3.63, 3.8) is 0 Å². The van der Waals surface area contributed by atoms with Gasteiger partial charge in [0.2, 0.25) is 15.9 Å². The predicted molar refractivity (Wildman–Crippen MR) is 78.4 cm³/mol. The molecule has 0 unspecified atom stereocenters. The van der Waals surface area contributed by atoms with Gasteiger partial charge in [0.05, 0.1) is 4.90 Å². The first-order valence-electron chi connectivity index (χ1n) is 6.50. The Labute approximate surface area is 124 Å².